The first-order chi connectivity index (χ1) is 10.6. The van der Waals surface area contributed by atoms with Crippen LogP contribution in [0.2, 0.25) is 0 Å². The minimum absolute atomic E-state index is 0.526. The first-order valence-electron chi connectivity index (χ1n) is 7.99. The lowest BCUT2D eigenvalue weighted by molar-refractivity contribution is 0.420. The highest BCUT2D eigenvalue weighted by molar-refractivity contribution is 6.01. The molecule has 0 unspecified atom stereocenters. The van der Waals surface area contributed by atoms with Crippen molar-refractivity contribution in [2.45, 2.75) is 32.1 Å². The normalized spacial score (nSPS) is 19.3. The summed E-state index contributed by atoms with van der Waals surface area (Å²) in [6.45, 7) is 1.50. The van der Waals surface area contributed by atoms with Crippen LogP contribution >= 0.6 is 0 Å². The first kappa shape index (κ1) is 15.1. The van der Waals surface area contributed by atoms with Crippen LogP contribution < -0.4 is 15.9 Å². The van der Waals surface area contributed by atoms with E-state index in [1.807, 2.05) is 20.2 Å². The van der Waals surface area contributed by atoms with Gasteiger partial charge in [0.25, 0.3) is 0 Å². The fourth-order valence-electron chi connectivity index (χ4n) is 2.97. The van der Waals surface area contributed by atoms with E-state index in [-0.39, 0.29) is 0 Å². The quantitative estimate of drug-likeness (QED) is 0.837. The Hall–Kier alpha value is -1.79. The predicted octanol–water partition coefficient (Wildman–Crippen LogP) is 2.11. The molecule has 1 heterocycles. The Balaban J connectivity index is 1.81. The van der Waals surface area contributed by atoms with Gasteiger partial charge in [-0.1, -0.05) is 6.42 Å². The highest BCUT2D eigenvalue weighted by Gasteiger charge is 2.18. The van der Waals surface area contributed by atoms with E-state index in [9.17, 15) is 5.21 Å². The van der Waals surface area contributed by atoms with Crippen LogP contribution in [0, 0.1) is 5.21 Å². The Labute approximate surface area is 131 Å². The molecule has 120 valence electrons. The van der Waals surface area contributed by atoms with Crippen molar-refractivity contribution >= 4 is 17.3 Å². The van der Waals surface area contributed by atoms with Crippen molar-refractivity contribution in [1.82, 2.24) is 10.3 Å². The van der Waals surface area contributed by atoms with Crippen LogP contribution in [0.5, 0.6) is 0 Å². The Morgan fingerprint density at radius 3 is 2.64 bits per heavy atom. The number of benzene rings is 1. The Morgan fingerprint density at radius 2 is 1.91 bits per heavy atom. The molecule has 0 saturated heterocycles. The van der Waals surface area contributed by atoms with Crippen LogP contribution in [-0.4, -0.2) is 38.0 Å². The Morgan fingerprint density at radius 1 is 1.18 bits per heavy atom. The van der Waals surface area contributed by atoms with E-state index in [2.05, 4.69) is 26.7 Å². The molecule has 1 aromatic rings. The largest absolute Gasteiger partial charge is 0.739 e. The second-order valence-electron chi connectivity index (χ2n) is 6.26. The molecule has 3 rings (SSSR count). The summed E-state index contributed by atoms with van der Waals surface area (Å²) >= 11 is 0. The zero-order valence-corrected chi connectivity index (χ0v) is 13.4. The molecular formula is C16H24N5O-. The molecule has 6 heteroatoms. The fourth-order valence-corrected chi connectivity index (χ4v) is 2.97. The molecule has 6 nitrogen and oxygen atoms in total. The maximum Gasteiger partial charge on any atom is 0.214 e. The van der Waals surface area contributed by atoms with Gasteiger partial charge in [-0.2, -0.15) is 0 Å². The van der Waals surface area contributed by atoms with E-state index in [1.54, 1.807) is 0 Å². The molecule has 2 N–H and O–H groups in total. The number of fused-ring (bicyclic) bond motifs is 2. The zero-order valence-electron chi connectivity index (χ0n) is 13.4. The summed E-state index contributed by atoms with van der Waals surface area (Å²) in [7, 11) is 4.01. The van der Waals surface area contributed by atoms with Crippen molar-refractivity contribution in [3.63, 3.8) is 0 Å². The standard InChI is InChI=1S/C16H24N5O/c1-20(2)9-8-17-16-18-14-10-12-6-4-3-5-7-13(12)11-15(14)21(22)19-16/h10-11H,3-9H2,1-2H3,(H2,17,18,19)/q-1. The molecule has 1 aliphatic heterocycles. The number of nitrogens with zero attached hydrogens (tertiary/aromatic N) is 3. The van der Waals surface area contributed by atoms with Gasteiger partial charge in [0, 0.05) is 6.54 Å². The van der Waals surface area contributed by atoms with E-state index in [0.717, 1.165) is 30.2 Å². The van der Waals surface area contributed by atoms with Crippen molar-refractivity contribution in [2.75, 3.05) is 37.7 Å². The summed E-state index contributed by atoms with van der Waals surface area (Å²) in [5.41, 5.74) is 6.97. The topological polar surface area (TPSA) is 66.0 Å². The number of rotatable bonds is 3. The second-order valence-corrected chi connectivity index (χ2v) is 6.26. The van der Waals surface area contributed by atoms with Gasteiger partial charge in [-0.05, 0) is 63.0 Å². The van der Waals surface area contributed by atoms with Crippen LogP contribution in [-0.2, 0) is 12.8 Å². The van der Waals surface area contributed by atoms with Gasteiger partial charge in [0.05, 0.1) is 17.9 Å². The van der Waals surface area contributed by atoms with Gasteiger partial charge in [-0.25, -0.2) is 0 Å². The molecule has 0 spiro atoms. The summed E-state index contributed by atoms with van der Waals surface area (Å²) in [6, 6.07) is 4.16. The van der Waals surface area contributed by atoms with Crippen LogP contribution in [0.15, 0.2) is 17.1 Å². The lowest BCUT2D eigenvalue weighted by Gasteiger charge is -2.39. The zero-order chi connectivity index (χ0) is 15.5. The van der Waals surface area contributed by atoms with Crippen molar-refractivity contribution in [2.24, 2.45) is 4.99 Å². The third-order valence-corrected chi connectivity index (χ3v) is 4.21. The lowest BCUT2D eigenvalue weighted by atomic mass is 10.0. The van der Waals surface area contributed by atoms with Gasteiger partial charge in [0.2, 0.25) is 5.96 Å². The summed E-state index contributed by atoms with van der Waals surface area (Å²) in [5.74, 6) is 0.526. The van der Waals surface area contributed by atoms with E-state index in [1.165, 1.54) is 30.4 Å². The van der Waals surface area contributed by atoms with Crippen LogP contribution in [0.3, 0.4) is 0 Å². The maximum absolute atomic E-state index is 12.2. The summed E-state index contributed by atoms with van der Waals surface area (Å²) < 4.78 is 0. The summed E-state index contributed by atoms with van der Waals surface area (Å²) in [4.78, 5) is 6.48. The number of hydrazine groups is 1. The van der Waals surface area contributed by atoms with Gasteiger partial charge in [-0.3, -0.25) is 10.4 Å². The lowest BCUT2D eigenvalue weighted by Crippen LogP contribution is -2.46. The number of nitrogens with one attached hydrogen (secondary N) is 2. The first-order valence-corrected chi connectivity index (χ1v) is 7.99. The summed E-state index contributed by atoms with van der Waals surface area (Å²) in [5, 5.41) is 16.3. The van der Waals surface area contributed by atoms with Crippen molar-refractivity contribution in [3.8, 4) is 0 Å². The SMILES string of the molecule is CN(C)CCN=C1Nc2cc3c(cc2N([O-])N1)CCCCC3. The molecule has 1 aromatic carbocycles. The molecule has 0 amide bonds. The number of hydrogen-bond acceptors (Lipinski definition) is 4. The predicted molar refractivity (Wildman–Crippen MR) is 91.2 cm³/mol. The second kappa shape index (κ2) is 6.54. The Kier molecular flexibility index (Phi) is 4.49. The molecule has 0 fully saturated rings. The molecule has 0 aromatic heterocycles. The molecule has 0 atom stereocenters. The Bertz CT molecular complexity index is 570. The highest BCUT2D eigenvalue weighted by Crippen LogP contribution is 2.33. The van der Waals surface area contributed by atoms with Crippen LogP contribution in [0.25, 0.3) is 0 Å². The van der Waals surface area contributed by atoms with Crippen LogP contribution in [0.1, 0.15) is 30.4 Å². The number of aryl methyl sites for hydroxylation is 2. The minimum atomic E-state index is 0.526. The van der Waals surface area contributed by atoms with E-state index >= 15 is 0 Å². The van der Waals surface area contributed by atoms with Crippen LogP contribution in [0.4, 0.5) is 11.4 Å². The maximum atomic E-state index is 12.2. The van der Waals surface area contributed by atoms with Gasteiger partial charge in [0.1, 0.15) is 0 Å². The average molecular weight is 302 g/mol. The van der Waals surface area contributed by atoms with Crippen molar-refractivity contribution < 1.29 is 0 Å². The molecule has 0 saturated carbocycles. The van der Waals surface area contributed by atoms with E-state index in [4.69, 9.17) is 0 Å². The fraction of sp³-hybridized carbons (Fsp3) is 0.562. The van der Waals surface area contributed by atoms with Crippen molar-refractivity contribution in [3.05, 3.63) is 28.5 Å². The van der Waals surface area contributed by atoms with E-state index in [0.29, 0.717) is 18.2 Å². The number of hydrogen-bond donors (Lipinski definition) is 2. The van der Waals surface area contributed by atoms with Crippen molar-refractivity contribution in [1.29, 1.82) is 0 Å². The number of aliphatic imine (C=N–C) groups is 1. The molecule has 2 aliphatic rings. The summed E-state index contributed by atoms with van der Waals surface area (Å²) in [6.07, 6.45) is 5.88. The molecule has 1 aliphatic carbocycles. The number of likely N-dealkylation sites (N-methyl/N-ethyl adjacent to an activating group) is 1. The number of guanidine groups is 1. The average Bonchev–Trinajstić information content (AvgIpc) is 2.70. The monoisotopic (exact) mass is 302 g/mol. The number of anilines is 2. The molecule has 0 radical (unpaired) electrons. The molecule has 22 heavy (non-hydrogen) atoms. The van der Waals surface area contributed by atoms with Gasteiger partial charge in [0.15, 0.2) is 0 Å². The third kappa shape index (κ3) is 3.34. The third-order valence-electron chi connectivity index (χ3n) is 4.21. The molecule has 0 bridgehead atoms. The highest BCUT2D eigenvalue weighted by atomic mass is 16.5. The van der Waals surface area contributed by atoms with E-state index < -0.39 is 0 Å². The van der Waals surface area contributed by atoms with Gasteiger partial charge < -0.3 is 20.6 Å². The van der Waals surface area contributed by atoms with Gasteiger partial charge in [-0.15, -0.1) is 0 Å². The minimum Gasteiger partial charge on any atom is -0.739 e. The smallest absolute Gasteiger partial charge is 0.214 e. The molecular weight excluding hydrogens is 278 g/mol. The van der Waals surface area contributed by atoms with Gasteiger partial charge >= 0.3 is 0 Å².